The lowest BCUT2D eigenvalue weighted by atomic mass is 10.1. The smallest absolute Gasteiger partial charge is 0.269 e. The van der Waals surface area contributed by atoms with Crippen molar-refractivity contribution in [3.63, 3.8) is 0 Å². The summed E-state index contributed by atoms with van der Waals surface area (Å²) in [6, 6.07) is 8.96. The number of carbonyl (C=O) groups is 2. The number of benzene rings is 1. The molecule has 1 unspecified atom stereocenters. The molecule has 7 heteroatoms. The lowest BCUT2D eigenvalue weighted by Gasteiger charge is -2.32. The zero-order chi connectivity index (χ0) is 18.8. The van der Waals surface area contributed by atoms with Crippen LogP contribution in [0, 0.1) is 13.8 Å². The molecule has 1 aromatic heterocycles. The molecule has 2 amide bonds. The van der Waals surface area contributed by atoms with E-state index in [9.17, 15) is 9.59 Å². The number of pyridine rings is 1. The lowest BCUT2D eigenvalue weighted by Crippen LogP contribution is -2.49. The largest absolute Gasteiger partial charge is 0.477 e. The molecule has 26 heavy (non-hydrogen) atoms. The highest BCUT2D eigenvalue weighted by Crippen LogP contribution is 2.33. The number of hydrogen-bond acceptors (Lipinski definition) is 5. The second kappa shape index (κ2) is 7.03. The second-order valence-electron chi connectivity index (χ2n) is 6.29. The summed E-state index contributed by atoms with van der Waals surface area (Å²) in [5.41, 5.74) is 8.54. The van der Waals surface area contributed by atoms with Crippen molar-refractivity contribution in [1.82, 2.24) is 4.98 Å². The topological polar surface area (TPSA) is 97.6 Å². The van der Waals surface area contributed by atoms with Crippen molar-refractivity contribution < 1.29 is 14.3 Å². The maximum Gasteiger partial charge on any atom is 0.269 e. The van der Waals surface area contributed by atoms with Crippen molar-refractivity contribution in [2.45, 2.75) is 33.3 Å². The minimum atomic E-state index is -0.638. The van der Waals surface area contributed by atoms with Gasteiger partial charge in [-0.05, 0) is 49.6 Å². The second-order valence-corrected chi connectivity index (χ2v) is 6.29. The highest BCUT2D eigenvalue weighted by atomic mass is 16.5. The number of fused-ring (bicyclic) bond motifs is 1. The van der Waals surface area contributed by atoms with E-state index in [4.69, 9.17) is 10.5 Å². The zero-order valence-corrected chi connectivity index (χ0v) is 15.1. The predicted octanol–water partition coefficient (Wildman–Crippen LogP) is 2.42. The van der Waals surface area contributed by atoms with E-state index in [0.717, 1.165) is 16.8 Å². The van der Waals surface area contributed by atoms with E-state index >= 15 is 0 Å². The summed E-state index contributed by atoms with van der Waals surface area (Å²) in [6.45, 7) is 5.61. The third-order valence-electron chi connectivity index (χ3n) is 4.48. The Morgan fingerprint density at radius 2 is 2.08 bits per heavy atom. The Morgan fingerprint density at radius 1 is 1.31 bits per heavy atom. The number of amides is 2. The van der Waals surface area contributed by atoms with E-state index < -0.39 is 6.10 Å². The van der Waals surface area contributed by atoms with Crippen molar-refractivity contribution in [3.8, 4) is 5.75 Å². The van der Waals surface area contributed by atoms with Gasteiger partial charge in [0, 0.05) is 5.69 Å². The van der Waals surface area contributed by atoms with Gasteiger partial charge in [-0.1, -0.05) is 19.1 Å². The third kappa shape index (κ3) is 3.33. The van der Waals surface area contributed by atoms with Gasteiger partial charge in [0.05, 0.1) is 0 Å². The fourth-order valence-corrected chi connectivity index (χ4v) is 2.85. The van der Waals surface area contributed by atoms with Gasteiger partial charge in [-0.15, -0.1) is 0 Å². The quantitative estimate of drug-likeness (QED) is 0.879. The summed E-state index contributed by atoms with van der Waals surface area (Å²) in [4.78, 5) is 30.8. The minimum absolute atomic E-state index is 0.157. The Bertz CT molecular complexity index is 866. The third-order valence-corrected chi connectivity index (χ3v) is 4.48. The first-order valence-corrected chi connectivity index (χ1v) is 8.51. The van der Waals surface area contributed by atoms with Crippen LogP contribution >= 0.6 is 0 Å². The van der Waals surface area contributed by atoms with Crippen molar-refractivity contribution in [2.24, 2.45) is 0 Å². The first kappa shape index (κ1) is 17.7. The maximum absolute atomic E-state index is 12.7. The Morgan fingerprint density at radius 3 is 2.81 bits per heavy atom. The molecule has 0 radical (unpaired) electrons. The van der Waals surface area contributed by atoms with Crippen LogP contribution in [0.1, 0.15) is 24.5 Å². The number of nitrogen functional groups attached to an aromatic ring is 1. The van der Waals surface area contributed by atoms with Gasteiger partial charge in [0.15, 0.2) is 17.7 Å². The summed E-state index contributed by atoms with van der Waals surface area (Å²) in [7, 11) is 0. The number of nitrogens with zero attached hydrogens (tertiary/aromatic N) is 2. The Balaban J connectivity index is 1.85. The molecule has 1 atom stereocenters. The van der Waals surface area contributed by atoms with Crippen LogP contribution in [0.5, 0.6) is 5.75 Å². The number of nitrogens with one attached hydrogen (secondary N) is 1. The van der Waals surface area contributed by atoms with Gasteiger partial charge in [-0.2, -0.15) is 0 Å². The van der Waals surface area contributed by atoms with Crippen LogP contribution in [0.3, 0.4) is 0 Å². The number of anilines is 3. The van der Waals surface area contributed by atoms with Crippen LogP contribution in [0.25, 0.3) is 0 Å². The van der Waals surface area contributed by atoms with Crippen LogP contribution < -0.4 is 20.7 Å². The average Bonchev–Trinajstić information content (AvgIpc) is 2.61. The van der Waals surface area contributed by atoms with Gasteiger partial charge in [-0.25, -0.2) is 4.98 Å². The van der Waals surface area contributed by atoms with E-state index in [0.29, 0.717) is 12.2 Å². The van der Waals surface area contributed by atoms with Gasteiger partial charge in [0.2, 0.25) is 5.91 Å². The molecular formula is C19H22N4O3. The molecule has 2 heterocycles. The van der Waals surface area contributed by atoms with Gasteiger partial charge in [0.1, 0.15) is 12.4 Å². The molecule has 136 valence electrons. The maximum atomic E-state index is 12.7. The van der Waals surface area contributed by atoms with Crippen molar-refractivity contribution in [3.05, 3.63) is 41.5 Å². The molecule has 0 aliphatic carbocycles. The molecule has 0 spiro atoms. The molecule has 0 fully saturated rings. The van der Waals surface area contributed by atoms with E-state index in [1.165, 1.54) is 4.90 Å². The fourth-order valence-electron chi connectivity index (χ4n) is 2.85. The van der Waals surface area contributed by atoms with Crippen LogP contribution in [-0.2, 0) is 9.59 Å². The van der Waals surface area contributed by atoms with E-state index in [-0.39, 0.29) is 30.0 Å². The van der Waals surface area contributed by atoms with Crippen molar-refractivity contribution >= 4 is 29.1 Å². The summed E-state index contributed by atoms with van der Waals surface area (Å²) in [6.07, 6.45) is -0.140. The SMILES string of the molecule is CCC1Oc2ccc(N)nc2N(CC(=O)Nc2cccc(C)c2C)C1=O. The number of nitrogens with two attached hydrogens (primary N) is 1. The molecule has 3 N–H and O–H groups in total. The normalized spacial score (nSPS) is 16.0. The molecule has 7 nitrogen and oxygen atoms in total. The van der Waals surface area contributed by atoms with Crippen molar-refractivity contribution in [1.29, 1.82) is 0 Å². The Labute approximate surface area is 152 Å². The highest BCUT2D eigenvalue weighted by molar-refractivity contribution is 6.05. The van der Waals surface area contributed by atoms with Gasteiger partial charge in [-0.3, -0.25) is 14.5 Å². The zero-order valence-electron chi connectivity index (χ0n) is 15.1. The molecule has 0 saturated heterocycles. The van der Waals surface area contributed by atoms with Gasteiger partial charge >= 0.3 is 0 Å². The van der Waals surface area contributed by atoms with Crippen LogP contribution in [-0.4, -0.2) is 29.4 Å². The minimum Gasteiger partial charge on any atom is -0.477 e. The number of aryl methyl sites for hydroxylation is 1. The fraction of sp³-hybridized carbons (Fsp3) is 0.316. The molecular weight excluding hydrogens is 332 g/mol. The van der Waals surface area contributed by atoms with Crippen LogP contribution in [0.15, 0.2) is 30.3 Å². The Kier molecular flexibility index (Phi) is 4.79. The average molecular weight is 354 g/mol. The molecule has 1 aliphatic heterocycles. The summed E-state index contributed by atoms with van der Waals surface area (Å²) in [5, 5.41) is 2.86. The predicted molar refractivity (Wildman–Crippen MR) is 100 cm³/mol. The number of carbonyl (C=O) groups excluding carboxylic acids is 2. The molecule has 1 aliphatic rings. The molecule has 0 bridgehead atoms. The summed E-state index contributed by atoms with van der Waals surface area (Å²) < 4.78 is 5.67. The molecule has 3 rings (SSSR count). The van der Waals surface area contributed by atoms with Crippen LogP contribution in [0.4, 0.5) is 17.3 Å². The van der Waals surface area contributed by atoms with E-state index in [1.807, 2.05) is 39.0 Å². The summed E-state index contributed by atoms with van der Waals surface area (Å²) >= 11 is 0. The summed E-state index contributed by atoms with van der Waals surface area (Å²) in [5.74, 6) is 0.379. The van der Waals surface area contributed by atoms with Crippen LogP contribution in [0.2, 0.25) is 0 Å². The first-order chi connectivity index (χ1) is 12.4. The molecule has 2 aromatic rings. The number of rotatable bonds is 4. The van der Waals surface area contributed by atoms with Gasteiger partial charge in [0.25, 0.3) is 5.91 Å². The number of aromatic nitrogens is 1. The molecule has 0 saturated carbocycles. The van der Waals surface area contributed by atoms with Crippen molar-refractivity contribution in [2.75, 3.05) is 22.5 Å². The first-order valence-electron chi connectivity index (χ1n) is 8.51. The standard InChI is InChI=1S/C19H22N4O3/c1-4-14-19(25)23(18-15(26-14)8-9-16(20)22-18)10-17(24)21-13-7-5-6-11(2)12(13)3/h5-9,14H,4,10H2,1-3H3,(H2,20,22)(H,21,24). The van der Waals surface area contributed by atoms with E-state index in [1.54, 1.807) is 12.1 Å². The number of ether oxygens (including phenoxy) is 1. The highest BCUT2D eigenvalue weighted by Gasteiger charge is 2.35. The monoisotopic (exact) mass is 354 g/mol. The number of hydrogen-bond donors (Lipinski definition) is 2. The van der Waals surface area contributed by atoms with Gasteiger partial charge < -0.3 is 15.8 Å². The Hall–Kier alpha value is -3.09. The molecule has 1 aromatic carbocycles. The van der Waals surface area contributed by atoms with E-state index in [2.05, 4.69) is 10.3 Å². The lowest BCUT2D eigenvalue weighted by molar-refractivity contribution is -0.128.